The molecule has 0 spiro atoms. The summed E-state index contributed by atoms with van der Waals surface area (Å²) in [6, 6.07) is 11.3. The second-order valence-electron chi connectivity index (χ2n) is 5.88. The lowest BCUT2D eigenvalue weighted by Crippen LogP contribution is -2.48. The molecule has 0 aromatic heterocycles. The van der Waals surface area contributed by atoms with Gasteiger partial charge in [0, 0.05) is 30.8 Å². The molecule has 2 aromatic carbocycles. The van der Waals surface area contributed by atoms with E-state index >= 15 is 0 Å². The van der Waals surface area contributed by atoms with Crippen molar-refractivity contribution < 1.29 is 13.2 Å². The highest BCUT2D eigenvalue weighted by Gasteiger charge is 2.31. The number of hydrogen-bond donors (Lipinski definition) is 1. The maximum Gasteiger partial charge on any atom is 0.303 e. The van der Waals surface area contributed by atoms with Gasteiger partial charge in [-0.05, 0) is 42.8 Å². The Morgan fingerprint density at radius 1 is 1.12 bits per heavy atom. The Hall–Kier alpha value is -1.80. The second kappa shape index (κ2) is 7.44. The number of carbonyl (C=O) groups is 1. The van der Waals surface area contributed by atoms with Crippen molar-refractivity contribution in [3.05, 3.63) is 58.1 Å². The van der Waals surface area contributed by atoms with Crippen LogP contribution in [0.2, 0.25) is 10.0 Å². The monoisotopic (exact) mass is 413 g/mol. The molecule has 1 amide bonds. The molecule has 1 saturated heterocycles. The third kappa shape index (κ3) is 3.81. The third-order valence-corrected chi connectivity index (χ3v) is 6.56. The number of nitrogens with zero attached hydrogens (tertiary/aromatic N) is 2. The minimum Gasteiger partial charge on any atom is -0.322 e. The summed E-state index contributed by atoms with van der Waals surface area (Å²) in [6.45, 7) is 0.818. The average Bonchev–Trinajstić information content (AvgIpc) is 2.58. The maximum atomic E-state index is 12.6. The molecular weight excluding hydrogens is 397 g/mol. The number of nitrogens with one attached hydrogen (secondary N) is 1. The van der Waals surface area contributed by atoms with Gasteiger partial charge in [0.2, 0.25) is 0 Å². The van der Waals surface area contributed by atoms with Gasteiger partial charge in [-0.15, -0.1) is 0 Å². The predicted octanol–water partition coefficient (Wildman–Crippen LogP) is 3.63. The van der Waals surface area contributed by atoms with Crippen LogP contribution in [0.3, 0.4) is 0 Å². The van der Waals surface area contributed by atoms with E-state index in [2.05, 4.69) is 5.32 Å². The predicted molar refractivity (Wildman–Crippen MR) is 104 cm³/mol. The maximum absolute atomic E-state index is 12.6. The van der Waals surface area contributed by atoms with Crippen molar-refractivity contribution in [2.24, 2.45) is 0 Å². The Bertz CT molecular complexity index is 950. The molecule has 1 N–H and O–H groups in total. The molecule has 0 unspecified atom stereocenters. The van der Waals surface area contributed by atoms with E-state index in [0.717, 1.165) is 0 Å². The fourth-order valence-electron chi connectivity index (χ4n) is 2.71. The first-order valence-electron chi connectivity index (χ1n) is 7.89. The molecule has 6 nitrogen and oxygen atoms in total. The summed E-state index contributed by atoms with van der Waals surface area (Å²) in [5.74, 6) is -0.443. The van der Waals surface area contributed by atoms with Crippen molar-refractivity contribution in [3.8, 4) is 0 Å². The number of hydrogen-bond acceptors (Lipinski definition) is 3. The first-order chi connectivity index (χ1) is 12.3. The van der Waals surface area contributed by atoms with Crippen molar-refractivity contribution in [2.75, 3.05) is 29.8 Å². The molecular formula is C17H17Cl2N3O3S. The van der Waals surface area contributed by atoms with Crippen molar-refractivity contribution in [2.45, 2.75) is 6.42 Å². The largest absolute Gasteiger partial charge is 0.322 e. The molecule has 0 atom stereocenters. The number of halogens is 2. The Balaban J connectivity index is 1.91. The molecule has 26 heavy (non-hydrogen) atoms. The van der Waals surface area contributed by atoms with Crippen LogP contribution in [0.15, 0.2) is 42.5 Å². The van der Waals surface area contributed by atoms with Gasteiger partial charge >= 0.3 is 10.2 Å². The van der Waals surface area contributed by atoms with Crippen LogP contribution in [0.5, 0.6) is 0 Å². The van der Waals surface area contributed by atoms with Gasteiger partial charge in [-0.25, -0.2) is 0 Å². The molecule has 9 heteroatoms. The quantitative estimate of drug-likeness (QED) is 0.834. The van der Waals surface area contributed by atoms with E-state index in [9.17, 15) is 13.2 Å². The first-order valence-corrected chi connectivity index (χ1v) is 10.0. The van der Waals surface area contributed by atoms with Crippen molar-refractivity contribution in [1.29, 1.82) is 0 Å². The van der Waals surface area contributed by atoms with Gasteiger partial charge < -0.3 is 5.32 Å². The third-order valence-electron chi connectivity index (χ3n) is 4.07. The summed E-state index contributed by atoms with van der Waals surface area (Å²) in [5, 5.41) is 3.44. The summed E-state index contributed by atoms with van der Waals surface area (Å²) in [7, 11) is -2.07. The highest BCUT2D eigenvalue weighted by atomic mass is 35.5. The fourth-order valence-corrected chi connectivity index (χ4v) is 4.54. The van der Waals surface area contributed by atoms with E-state index in [0.29, 0.717) is 35.9 Å². The molecule has 1 aliphatic heterocycles. The SMILES string of the molecule is CN1CCCN(c2ccc(Cl)c(C(=O)Nc3cccc(Cl)c3)c2)S1(=O)=O. The number of rotatable bonds is 3. The zero-order valence-corrected chi connectivity index (χ0v) is 16.3. The van der Waals surface area contributed by atoms with Gasteiger partial charge in [0.25, 0.3) is 5.91 Å². The van der Waals surface area contributed by atoms with E-state index in [1.54, 1.807) is 30.3 Å². The van der Waals surface area contributed by atoms with Gasteiger partial charge in [-0.1, -0.05) is 29.3 Å². The van der Waals surface area contributed by atoms with Crippen LogP contribution >= 0.6 is 23.2 Å². The van der Waals surface area contributed by atoms with E-state index in [-0.39, 0.29) is 10.6 Å². The average molecular weight is 414 g/mol. The smallest absolute Gasteiger partial charge is 0.303 e. The minimum atomic E-state index is -3.60. The van der Waals surface area contributed by atoms with Crippen LogP contribution < -0.4 is 9.62 Å². The summed E-state index contributed by atoms with van der Waals surface area (Å²) in [6.07, 6.45) is 0.697. The zero-order valence-electron chi connectivity index (χ0n) is 13.9. The van der Waals surface area contributed by atoms with E-state index < -0.39 is 16.1 Å². The highest BCUT2D eigenvalue weighted by Crippen LogP contribution is 2.29. The molecule has 1 aliphatic rings. The number of carbonyl (C=O) groups excluding carboxylic acids is 1. The number of anilines is 2. The Morgan fingerprint density at radius 2 is 1.88 bits per heavy atom. The molecule has 0 radical (unpaired) electrons. The van der Waals surface area contributed by atoms with Crippen LogP contribution in [0, 0.1) is 0 Å². The van der Waals surface area contributed by atoms with Crippen molar-refractivity contribution >= 4 is 50.7 Å². The number of amides is 1. The molecule has 138 valence electrons. The molecule has 0 bridgehead atoms. The van der Waals surface area contributed by atoms with Crippen LogP contribution in [0.4, 0.5) is 11.4 Å². The summed E-state index contributed by atoms with van der Waals surface area (Å²) < 4.78 is 27.6. The molecule has 3 rings (SSSR count). The second-order valence-corrected chi connectivity index (χ2v) is 8.69. The standard InChI is InChI=1S/C17H17Cl2N3O3S/c1-21-8-3-9-22(26(21,24)25)14-6-7-16(19)15(11-14)17(23)20-13-5-2-4-12(18)10-13/h2,4-7,10-11H,3,8-9H2,1H3,(H,20,23). The summed E-state index contributed by atoms with van der Waals surface area (Å²) >= 11 is 12.1. The molecule has 0 saturated carbocycles. The van der Waals surface area contributed by atoms with Crippen LogP contribution in [-0.2, 0) is 10.2 Å². The zero-order chi connectivity index (χ0) is 18.9. The van der Waals surface area contributed by atoms with E-state index in [4.69, 9.17) is 23.2 Å². The molecule has 0 aliphatic carbocycles. The topological polar surface area (TPSA) is 69.7 Å². The highest BCUT2D eigenvalue weighted by molar-refractivity contribution is 7.90. The summed E-state index contributed by atoms with van der Waals surface area (Å²) in [5.41, 5.74) is 1.11. The molecule has 1 fully saturated rings. The Kier molecular flexibility index (Phi) is 5.43. The molecule has 2 aromatic rings. The van der Waals surface area contributed by atoms with Crippen molar-refractivity contribution in [1.82, 2.24) is 4.31 Å². The summed E-state index contributed by atoms with van der Waals surface area (Å²) in [4.78, 5) is 12.6. The van der Waals surface area contributed by atoms with Crippen LogP contribution in [-0.4, -0.2) is 38.8 Å². The minimum absolute atomic E-state index is 0.188. The fraction of sp³-hybridized carbons (Fsp3) is 0.235. The lowest BCUT2D eigenvalue weighted by Gasteiger charge is -2.34. The van der Waals surface area contributed by atoms with Crippen molar-refractivity contribution in [3.63, 3.8) is 0 Å². The number of benzene rings is 2. The Labute approximate surface area is 162 Å². The molecule has 1 heterocycles. The lowest BCUT2D eigenvalue weighted by atomic mass is 10.1. The van der Waals surface area contributed by atoms with Gasteiger partial charge in [-0.3, -0.25) is 9.10 Å². The first kappa shape index (κ1) is 19.0. The van der Waals surface area contributed by atoms with Crippen LogP contribution in [0.1, 0.15) is 16.8 Å². The van der Waals surface area contributed by atoms with E-state index in [1.807, 2.05) is 0 Å². The van der Waals surface area contributed by atoms with Gasteiger partial charge in [0.05, 0.1) is 16.3 Å². The normalized spacial score (nSPS) is 17.1. The van der Waals surface area contributed by atoms with Crippen LogP contribution in [0.25, 0.3) is 0 Å². The van der Waals surface area contributed by atoms with Gasteiger partial charge in [0.15, 0.2) is 0 Å². The van der Waals surface area contributed by atoms with Gasteiger partial charge in [-0.2, -0.15) is 12.7 Å². The van der Waals surface area contributed by atoms with E-state index in [1.165, 1.54) is 27.8 Å². The lowest BCUT2D eigenvalue weighted by molar-refractivity contribution is 0.102. The van der Waals surface area contributed by atoms with Gasteiger partial charge in [0.1, 0.15) is 0 Å². The Morgan fingerprint density at radius 3 is 2.62 bits per heavy atom.